The molecule has 1 atom stereocenters. The first-order valence-corrected chi connectivity index (χ1v) is 8.20. The average Bonchev–Trinajstić information content (AvgIpc) is 2.60. The van der Waals surface area contributed by atoms with E-state index in [0.717, 1.165) is 17.5 Å². The maximum Gasteiger partial charge on any atom is 0.220 e. The van der Waals surface area contributed by atoms with Crippen LogP contribution in [0.15, 0.2) is 36.4 Å². The van der Waals surface area contributed by atoms with E-state index in [-0.39, 0.29) is 11.9 Å². The van der Waals surface area contributed by atoms with Gasteiger partial charge in [-0.25, -0.2) is 0 Å². The van der Waals surface area contributed by atoms with Gasteiger partial charge in [-0.05, 0) is 47.4 Å². The van der Waals surface area contributed by atoms with Gasteiger partial charge in [-0.3, -0.25) is 4.79 Å². The Kier molecular flexibility index (Phi) is 4.67. The Morgan fingerprint density at radius 1 is 1.12 bits per heavy atom. The number of benzene rings is 2. The molecule has 1 aliphatic rings. The number of rotatable bonds is 3. The standard InChI is InChI=1S/C19H20ClNO3/c1-12(22)21-9-8-14-10-17(23-2)18(24-3)11-16(14)19(21)13-4-6-15(20)7-5-13/h4-7,10-11,19H,8-9H2,1-3H3/t19-/m0/s1. The monoisotopic (exact) mass is 345 g/mol. The van der Waals surface area contributed by atoms with Gasteiger partial charge >= 0.3 is 0 Å². The van der Waals surface area contributed by atoms with Crippen LogP contribution >= 0.6 is 11.6 Å². The topological polar surface area (TPSA) is 38.8 Å². The second-order valence-corrected chi connectivity index (χ2v) is 6.26. The summed E-state index contributed by atoms with van der Waals surface area (Å²) >= 11 is 6.02. The van der Waals surface area contributed by atoms with Crippen LogP contribution < -0.4 is 9.47 Å². The normalized spacial score (nSPS) is 16.5. The molecule has 1 amide bonds. The zero-order valence-corrected chi connectivity index (χ0v) is 14.8. The molecule has 1 aliphatic heterocycles. The molecule has 2 aromatic rings. The van der Waals surface area contributed by atoms with E-state index in [1.54, 1.807) is 21.1 Å². The minimum absolute atomic E-state index is 0.0513. The van der Waals surface area contributed by atoms with Gasteiger partial charge in [0.15, 0.2) is 11.5 Å². The Morgan fingerprint density at radius 2 is 1.75 bits per heavy atom. The summed E-state index contributed by atoms with van der Waals surface area (Å²) in [6, 6.07) is 11.5. The Hall–Kier alpha value is -2.20. The number of nitrogens with zero attached hydrogens (tertiary/aromatic N) is 1. The van der Waals surface area contributed by atoms with E-state index in [0.29, 0.717) is 23.1 Å². The van der Waals surface area contributed by atoms with Gasteiger partial charge in [0.2, 0.25) is 5.91 Å². The van der Waals surface area contributed by atoms with E-state index in [1.165, 1.54) is 5.56 Å². The van der Waals surface area contributed by atoms with Crippen molar-refractivity contribution in [1.29, 1.82) is 0 Å². The summed E-state index contributed by atoms with van der Waals surface area (Å²) < 4.78 is 10.9. The summed E-state index contributed by atoms with van der Waals surface area (Å²) in [5, 5.41) is 0.677. The number of halogens is 1. The molecule has 5 heteroatoms. The number of amides is 1. The van der Waals surface area contributed by atoms with Crippen LogP contribution in [0.2, 0.25) is 5.02 Å². The first-order chi connectivity index (χ1) is 11.5. The summed E-state index contributed by atoms with van der Waals surface area (Å²) in [7, 11) is 3.25. The van der Waals surface area contributed by atoms with Crippen LogP contribution in [0.4, 0.5) is 0 Å². The first-order valence-electron chi connectivity index (χ1n) is 7.82. The third-order valence-electron chi connectivity index (χ3n) is 4.46. The minimum atomic E-state index is -0.150. The number of ether oxygens (including phenoxy) is 2. The van der Waals surface area contributed by atoms with Gasteiger partial charge in [-0.1, -0.05) is 23.7 Å². The molecule has 1 heterocycles. The Balaban J connectivity index is 2.16. The minimum Gasteiger partial charge on any atom is -0.493 e. The molecule has 0 aliphatic carbocycles. The van der Waals surface area contributed by atoms with Gasteiger partial charge < -0.3 is 14.4 Å². The molecule has 0 spiro atoms. The van der Waals surface area contributed by atoms with Crippen LogP contribution in [0.3, 0.4) is 0 Å². The number of hydrogen-bond donors (Lipinski definition) is 0. The highest BCUT2D eigenvalue weighted by molar-refractivity contribution is 6.30. The maximum absolute atomic E-state index is 12.2. The summed E-state index contributed by atoms with van der Waals surface area (Å²) in [6.45, 7) is 2.28. The van der Waals surface area contributed by atoms with Crippen molar-refractivity contribution in [1.82, 2.24) is 4.90 Å². The van der Waals surface area contributed by atoms with Gasteiger partial charge in [-0.15, -0.1) is 0 Å². The second kappa shape index (κ2) is 6.73. The highest BCUT2D eigenvalue weighted by atomic mass is 35.5. The molecule has 24 heavy (non-hydrogen) atoms. The van der Waals surface area contributed by atoms with Crippen molar-refractivity contribution < 1.29 is 14.3 Å². The fourth-order valence-corrected chi connectivity index (χ4v) is 3.42. The molecule has 2 aromatic carbocycles. The molecule has 0 radical (unpaired) electrons. The fraction of sp³-hybridized carbons (Fsp3) is 0.316. The van der Waals surface area contributed by atoms with Gasteiger partial charge in [0, 0.05) is 18.5 Å². The molecule has 0 saturated carbocycles. The molecule has 4 nitrogen and oxygen atoms in total. The summed E-state index contributed by atoms with van der Waals surface area (Å²) in [4.78, 5) is 14.1. The molecule has 126 valence electrons. The predicted octanol–water partition coefficient (Wildman–Crippen LogP) is 3.85. The largest absolute Gasteiger partial charge is 0.493 e. The van der Waals surface area contributed by atoms with Crippen molar-refractivity contribution in [3.8, 4) is 11.5 Å². The lowest BCUT2D eigenvalue weighted by Gasteiger charge is -2.37. The van der Waals surface area contributed by atoms with Gasteiger partial charge in [0.25, 0.3) is 0 Å². The van der Waals surface area contributed by atoms with E-state index in [1.807, 2.05) is 41.3 Å². The lowest BCUT2D eigenvalue weighted by atomic mass is 9.87. The maximum atomic E-state index is 12.2. The van der Waals surface area contributed by atoms with Crippen LogP contribution in [0.1, 0.15) is 29.7 Å². The van der Waals surface area contributed by atoms with E-state index < -0.39 is 0 Å². The first kappa shape index (κ1) is 16.7. The predicted molar refractivity (Wildman–Crippen MR) is 93.9 cm³/mol. The summed E-state index contributed by atoms with van der Waals surface area (Å²) in [5.41, 5.74) is 3.27. The van der Waals surface area contributed by atoms with Crippen molar-refractivity contribution in [2.24, 2.45) is 0 Å². The molecule has 0 fully saturated rings. The number of fused-ring (bicyclic) bond motifs is 1. The molecular weight excluding hydrogens is 326 g/mol. The highest BCUT2D eigenvalue weighted by Gasteiger charge is 2.31. The van der Waals surface area contributed by atoms with Gasteiger partial charge in [0.05, 0.1) is 20.3 Å². The zero-order chi connectivity index (χ0) is 17.3. The van der Waals surface area contributed by atoms with Crippen molar-refractivity contribution in [2.45, 2.75) is 19.4 Å². The fourth-order valence-electron chi connectivity index (χ4n) is 3.29. The third-order valence-corrected chi connectivity index (χ3v) is 4.72. The third kappa shape index (κ3) is 2.94. The molecule has 0 N–H and O–H groups in total. The number of hydrogen-bond acceptors (Lipinski definition) is 3. The van der Waals surface area contributed by atoms with Crippen molar-refractivity contribution in [3.05, 3.63) is 58.1 Å². The quantitative estimate of drug-likeness (QED) is 0.848. The molecule has 0 aromatic heterocycles. The molecular formula is C19H20ClNO3. The van der Waals surface area contributed by atoms with Crippen molar-refractivity contribution in [2.75, 3.05) is 20.8 Å². The smallest absolute Gasteiger partial charge is 0.220 e. The van der Waals surface area contributed by atoms with Crippen LogP contribution in [-0.2, 0) is 11.2 Å². The molecule has 0 unspecified atom stereocenters. The Morgan fingerprint density at radius 3 is 2.33 bits per heavy atom. The summed E-state index contributed by atoms with van der Waals surface area (Å²) in [5.74, 6) is 1.43. The van der Waals surface area contributed by atoms with Gasteiger partial charge in [0.1, 0.15) is 0 Å². The SMILES string of the molecule is COc1cc2c(cc1OC)[C@H](c1ccc(Cl)cc1)N(C(C)=O)CC2. The highest BCUT2D eigenvalue weighted by Crippen LogP contribution is 2.41. The van der Waals surface area contributed by atoms with E-state index in [4.69, 9.17) is 21.1 Å². The molecule has 0 bridgehead atoms. The lowest BCUT2D eigenvalue weighted by molar-refractivity contribution is -0.130. The van der Waals surface area contributed by atoms with E-state index >= 15 is 0 Å². The summed E-state index contributed by atoms with van der Waals surface area (Å²) in [6.07, 6.45) is 0.791. The van der Waals surface area contributed by atoms with Gasteiger partial charge in [-0.2, -0.15) is 0 Å². The van der Waals surface area contributed by atoms with Crippen LogP contribution in [0.5, 0.6) is 11.5 Å². The molecule has 0 saturated heterocycles. The van der Waals surface area contributed by atoms with Crippen LogP contribution in [-0.4, -0.2) is 31.6 Å². The van der Waals surface area contributed by atoms with Crippen LogP contribution in [0, 0.1) is 0 Å². The van der Waals surface area contributed by atoms with Crippen molar-refractivity contribution in [3.63, 3.8) is 0 Å². The van der Waals surface area contributed by atoms with E-state index in [2.05, 4.69) is 0 Å². The van der Waals surface area contributed by atoms with Crippen molar-refractivity contribution >= 4 is 17.5 Å². The second-order valence-electron chi connectivity index (χ2n) is 5.82. The zero-order valence-electron chi connectivity index (χ0n) is 14.0. The number of methoxy groups -OCH3 is 2. The average molecular weight is 346 g/mol. The lowest BCUT2D eigenvalue weighted by Crippen LogP contribution is -2.39. The van der Waals surface area contributed by atoms with Crippen LogP contribution in [0.25, 0.3) is 0 Å². The Labute approximate surface area is 146 Å². The Bertz CT molecular complexity index is 758. The molecule has 3 rings (SSSR count). The number of carbonyl (C=O) groups is 1. The van der Waals surface area contributed by atoms with E-state index in [9.17, 15) is 4.79 Å². The number of carbonyl (C=O) groups excluding carboxylic acids is 1.